The third kappa shape index (κ3) is 3.57. The first-order chi connectivity index (χ1) is 16.4. The van der Waals surface area contributed by atoms with Crippen molar-refractivity contribution in [3.05, 3.63) is 64.3 Å². The second-order valence-corrected chi connectivity index (χ2v) is 11.7. The minimum Gasteiger partial charge on any atom is -0.465 e. The summed E-state index contributed by atoms with van der Waals surface area (Å²) in [4.78, 5) is 26.9. The van der Waals surface area contributed by atoms with Gasteiger partial charge in [-0.25, -0.2) is 9.48 Å². The Bertz CT molecular complexity index is 1220. The highest BCUT2D eigenvalue weighted by atomic mass is 32.1. The molecule has 0 saturated heterocycles. The first kappa shape index (κ1) is 21.6. The highest BCUT2D eigenvalue weighted by Gasteiger charge is 2.54. The largest absolute Gasteiger partial charge is 0.465 e. The van der Waals surface area contributed by atoms with Crippen LogP contribution < -0.4 is 5.32 Å². The molecule has 2 aromatic heterocycles. The lowest BCUT2D eigenvalue weighted by molar-refractivity contribution is -0.00765. The van der Waals surface area contributed by atoms with Gasteiger partial charge in [-0.2, -0.15) is 5.10 Å². The van der Waals surface area contributed by atoms with E-state index < -0.39 is 5.97 Å². The zero-order chi connectivity index (χ0) is 23.4. The van der Waals surface area contributed by atoms with Crippen LogP contribution in [-0.2, 0) is 10.2 Å². The second kappa shape index (κ2) is 8.08. The molecule has 0 spiro atoms. The van der Waals surface area contributed by atoms with Crippen molar-refractivity contribution in [1.29, 1.82) is 0 Å². The summed E-state index contributed by atoms with van der Waals surface area (Å²) in [5.74, 6) is 1.58. The molecule has 176 valence electrons. The number of para-hydroxylation sites is 1. The lowest BCUT2D eigenvalue weighted by Crippen LogP contribution is -2.49. The molecule has 0 unspecified atom stereocenters. The fourth-order valence-electron chi connectivity index (χ4n) is 7.08. The van der Waals surface area contributed by atoms with Crippen molar-refractivity contribution in [2.24, 2.45) is 17.8 Å². The number of anilines is 1. The highest BCUT2D eigenvalue weighted by molar-refractivity contribution is 7.16. The molecule has 4 fully saturated rings. The summed E-state index contributed by atoms with van der Waals surface area (Å²) in [5.41, 5.74) is 2.85. The number of hydrogen-bond donors (Lipinski definition) is 1. The molecule has 0 aliphatic heterocycles. The van der Waals surface area contributed by atoms with Crippen LogP contribution in [0, 0.1) is 24.7 Å². The SMILES string of the molecule is COC(=O)c1cc(C)sc1NC(=O)c1cn(-c2ccccc2)nc1C12CC3CC(CC(C3)C1)C2. The Kier molecular flexibility index (Phi) is 5.13. The zero-order valence-electron chi connectivity index (χ0n) is 19.5. The first-order valence-corrected chi connectivity index (χ1v) is 12.9. The predicted octanol–water partition coefficient (Wildman–Crippen LogP) is 5.75. The summed E-state index contributed by atoms with van der Waals surface area (Å²) in [6.07, 6.45) is 9.23. The topological polar surface area (TPSA) is 73.2 Å². The van der Waals surface area contributed by atoms with Gasteiger partial charge in [-0.05, 0) is 81.4 Å². The molecule has 34 heavy (non-hydrogen) atoms. The van der Waals surface area contributed by atoms with Gasteiger partial charge >= 0.3 is 5.97 Å². The average Bonchev–Trinajstić information content (AvgIpc) is 3.43. The van der Waals surface area contributed by atoms with Crippen molar-refractivity contribution in [3.8, 4) is 5.69 Å². The molecule has 2 heterocycles. The molecule has 0 radical (unpaired) electrons. The van der Waals surface area contributed by atoms with Crippen molar-refractivity contribution < 1.29 is 14.3 Å². The predicted molar refractivity (Wildman–Crippen MR) is 132 cm³/mol. The minimum absolute atomic E-state index is 0.0298. The third-order valence-corrected chi connectivity index (χ3v) is 8.97. The van der Waals surface area contributed by atoms with E-state index >= 15 is 0 Å². The van der Waals surface area contributed by atoms with E-state index in [0.717, 1.165) is 53.3 Å². The second-order valence-electron chi connectivity index (χ2n) is 10.4. The van der Waals surface area contributed by atoms with Crippen molar-refractivity contribution in [2.45, 2.75) is 50.9 Å². The van der Waals surface area contributed by atoms with Gasteiger partial charge in [-0.1, -0.05) is 18.2 Å². The maximum atomic E-state index is 13.7. The van der Waals surface area contributed by atoms with Crippen LogP contribution >= 0.6 is 11.3 Å². The molecule has 7 rings (SSSR count). The van der Waals surface area contributed by atoms with Crippen LogP contribution in [0.4, 0.5) is 5.00 Å². The summed E-state index contributed by atoms with van der Waals surface area (Å²) < 4.78 is 6.78. The van der Waals surface area contributed by atoms with Crippen molar-refractivity contribution >= 4 is 28.2 Å². The van der Waals surface area contributed by atoms with Crippen LogP contribution in [0.15, 0.2) is 42.6 Å². The molecule has 1 aromatic carbocycles. The third-order valence-electron chi connectivity index (χ3n) is 8.01. The Morgan fingerprint density at radius 3 is 2.32 bits per heavy atom. The number of aryl methyl sites for hydroxylation is 1. The van der Waals surface area contributed by atoms with E-state index in [2.05, 4.69) is 5.32 Å². The van der Waals surface area contributed by atoms with Crippen LogP contribution in [0.5, 0.6) is 0 Å². The molecule has 4 saturated carbocycles. The lowest BCUT2D eigenvalue weighted by Gasteiger charge is -2.56. The number of aromatic nitrogens is 2. The number of nitrogens with one attached hydrogen (secondary N) is 1. The van der Waals surface area contributed by atoms with Gasteiger partial charge in [0.25, 0.3) is 5.91 Å². The summed E-state index contributed by atoms with van der Waals surface area (Å²) in [5, 5.41) is 8.63. The van der Waals surface area contributed by atoms with Gasteiger partial charge in [0.2, 0.25) is 0 Å². The quantitative estimate of drug-likeness (QED) is 0.477. The van der Waals surface area contributed by atoms with Gasteiger partial charge in [-0.15, -0.1) is 11.3 Å². The fourth-order valence-corrected chi connectivity index (χ4v) is 7.98. The van der Waals surface area contributed by atoms with E-state index in [-0.39, 0.29) is 11.3 Å². The Morgan fingerprint density at radius 2 is 1.71 bits per heavy atom. The number of carbonyl (C=O) groups excluding carboxylic acids is 2. The Morgan fingerprint density at radius 1 is 1.06 bits per heavy atom. The number of methoxy groups -OCH3 is 1. The zero-order valence-corrected chi connectivity index (χ0v) is 20.4. The summed E-state index contributed by atoms with van der Waals surface area (Å²) in [6.45, 7) is 1.92. The number of benzene rings is 1. The average molecular weight is 476 g/mol. The van der Waals surface area contributed by atoms with E-state index in [1.54, 1.807) is 6.07 Å². The Balaban J connectivity index is 1.41. The monoisotopic (exact) mass is 475 g/mol. The molecule has 1 N–H and O–H groups in total. The number of amides is 1. The molecule has 6 nitrogen and oxygen atoms in total. The first-order valence-electron chi connectivity index (χ1n) is 12.1. The molecule has 7 heteroatoms. The van der Waals surface area contributed by atoms with Crippen molar-refractivity contribution in [2.75, 3.05) is 12.4 Å². The standard InChI is InChI=1S/C27H29N3O3S/c1-16-8-21(26(32)33-2)25(34-16)28-24(31)22-15-30(20-6-4-3-5-7-20)29-23(22)27-12-17-9-18(13-27)11-19(10-17)14-27/h3-8,15,17-19H,9-14H2,1-2H3,(H,28,31). The summed E-state index contributed by atoms with van der Waals surface area (Å²) >= 11 is 1.39. The van der Waals surface area contributed by atoms with Gasteiger partial charge in [0.1, 0.15) is 5.00 Å². The van der Waals surface area contributed by atoms with E-state index in [1.165, 1.54) is 37.7 Å². The number of rotatable bonds is 5. The number of hydrogen-bond acceptors (Lipinski definition) is 5. The normalized spacial score (nSPS) is 27.1. The van der Waals surface area contributed by atoms with Crippen LogP contribution in [0.3, 0.4) is 0 Å². The number of nitrogens with zero attached hydrogens (tertiary/aromatic N) is 2. The molecule has 4 aliphatic carbocycles. The molecular weight excluding hydrogens is 446 g/mol. The molecule has 4 aliphatic rings. The molecule has 0 atom stereocenters. The van der Waals surface area contributed by atoms with Gasteiger partial charge in [0.15, 0.2) is 0 Å². The van der Waals surface area contributed by atoms with Crippen molar-refractivity contribution in [1.82, 2.24) is 9.78 Å². The van der Waals surface area contributed by atoms with E-state index in [9.17, 15) is 9.59 Å². The van der Waals surface area contributed by atoms with Gasteiger partial charge in [-0.3, -0.25) is 4.79 Å². The van der Waals surface area contributed by atoms with Gasteiger partial charge in [0.05, 0.1) is 29.6 Å². The fraction of sp³-hybridized carbons (Fsp3) is 0.444. The van der Waals surface area contributed by atoms with Gasteiger partial charge in [0, 0.05) is 16.5 Å². The number of carbonyl (C=O) groups is 2. The Hall–Kier alpha value is -2.93. The lowest BCUT2D eigenvalue weighted by atomic mass is 9.48. The minimum atomic E-state index is -0.444. The van der Waals surface area contributed by atoms with Crippen LogP contribution in [-0.4, -0.2) is 28.8 Å². The summed E-state index contributed by atoms with van der Waals surface area (Å²) in [6, 6.07) is 11.7. The van der Waals surface area contributed by atoms with Crippen LogP contribution in [0.25, 0.3) is 5.69 Å². The Labute approximate surface area is 203 Å². The molecular formula is C27H29N3O3S. The number of esters is 1. The maximum absolute atomic E-state index is 13.7. The highest BCUT2D eigenvalue weighted by Crippen LogP contribution is 2.61. The van der Waals surface area contributed by atoms with E-state index in [4.69, 9.17) is 9.84 Å². The number of ether oxygens (including phenoxy) is 1. The van der Waals surface area contributed by atoms with Crippen LogP contribution in [0.1, 0.15) is 69.8 Å². The van der Waals surface area contributed by atoms with Crippen molar-refractivity contribution in [3.63, 3.8) is 0 Å². The smallest absolute Gasteiger partial charge is 0.340 e. The van der Waals surface area contributed by atoms with Crippen LogP contribution in [0.2, 0.25) is 0 Å². The molecule has 1 amide bonds. The van der Waals surface area contributed by atoms with E-state index in [1.807, 2.05) is 48.1 Å². The number of thiophene rings is 1. The maximum Gasteiger partial charge on any atom is 0.340 e. The van der Waals surface area contributed by atoms with Gasteiger partial charge < -0.3 is 10.1 Å². The van der Waals surface area contributed by atoms with E-state index in [0.29, 0.717) is 16.1 Å². The summed E-state index contributed by atoms with van der Waals surface area (Å²) in [7, 11) is 1.36. The molecule has 4 bridgehead atoms. The molecule has 3 aromatic rings.